The third-order valence-electron chi connectivity index (χ3n) is 3.00. The highest BCUT2D eigenvalue weighted by Gasteiger charge is 2.37. The summed E-state index contributed by atoms with van der Waals surface area (Å²) in [5.74, 6) is 0. The lowest BCUT2D eigenvalue weighted by Gasteiger charge is -2.34. The largest absolute Gasteiger partial charge is 0.465 e. The van der Waals surface area contributed by atoms with Gasteiger partial charge in [0.15, 0.2) is 5.66 Å². The van der Waals surface area contributed by atoms with Gasteiger partial charge in [-0.05, 0) is 0 Å². The molecule has 0 aromatic heterocycles. The number of hydrogen-bond donors (Lipinski definition) is 4. The molecule has 0 radical (unpaired) electrons. The van der Waals surface area contributed by atoms with Crippen LogP contribution in [0.15, 0.2) is 60.7 Å². The number of carboxylic acid groups (broad SMARTS) is 2. The van der Waals surface area contributed by atoms with Gasteiger partial charge in [0.25, 0.3) is 0 Å². The van der Waals surface area contributed by atoms with Gasteiger partial charge in [0.1, 0.15) is 0 Å². The lowest BCUT2D eigenvalue weighted by Crippen LogP contribution is -2.58. The smallest absolute Gasteiger partial charge is 0.407 e. The molecule has 0 spiro atoms. The van der Waals surface area contributed by atoms with E-state index in [1.807, 2.05) is 0 Å². The number of halogens is 1. The molecule has 116 valence electrons. The van der Waals surface area contributed by atoms with Crippen LogP contribution in [0.3, 0.4) is 0 Å². The fourth-order valence-electron chi connectivity index (χ4n) is 2.18. The van der Waals surface area contributed by atoms with Crippen LogP contribution >= 0.6 is 12.4 Å². The summed E-state index contributed by atoms with van der Waals surface area (Å²) in [4.78, 5) is 22.4. The zero-order valence-electron chi connectivity index (χ0n) is 11.4. The van der Waals surface area contributed by atoms with Gasteiger partial charge in [0.05, 0.1) is 0 Å². The molecule has 0 unspecified atom stereocenters. The van der Waals surface area contributed by atoms with E-state index in [0.29, 0.717) is 11.1 Å². The predicted octanol–water partition coefficient (Wildman–Crippen LogP) is 2.84. The summed E-state index contributed by atoms with van der Waals surface area (Å²) in [7, 11) is 0. The van der Waals surface area contributed by atoms with Crippen molar-refractivity contribution >= 4 is 24.6 Å². The van der Waals surface area contributed by atoms with Gasteiger partial charge in [0.2, 0.25) is 0 Å². The molecule has 6 nitrogen and oxygen atoms in total. The van der Waals surface area contributed by atoms with Crippen molar-refractivity contribution in [1.29, 1.82) is 0 Å². The summed E-state index contributed by atoms with van der Waals surface area (Å²) < 4.78 is 0. The van der Waals surface area contributed by atoms with Crippen LogP contribution in [0.5, 0.6) is 0 Å². The second-order valence-corrected chi connectivity index (χ2v) is 4.34. The molecule has 4 N–H and O–H groups in total. The highest BCUT2D eigenvalue weighted by molar-refractivity contribution is 5.85. The summed E-state index contributed by atoms with van der Waals surface area (Å²) in [5, 5.41) is 22.8. The summed E-state index contributed by atoms with van der Waals surface area (Å²) >= 11 is 0. The van der Waals surface area contributed by atoms with Gasteiger partial charge in [-0.1, -0.05) is 60.7 Å². The van der Waals surface area contributed by atoms with Gasteiger partial charge in [0, 0.05) is 11.1 Å². The average Bonchev–Trinajstić information content (AvgIpc) is 2.47. The molecule has 2 aromatic carbocycles. The van der Waals surface area contributed by atoms with Gasteiger partial charge in [-0.25, -0.2) is 9.59 Å². The maximum atomic E-state index is 11.2. The third kappa shape index (κ3) is 3.67. The Morgan fingerprint density at radius 3 is 1.32 bits per heavy atom. The van der Waals surface area contributed by atoms with E-state index in [1.54, 1.807) is 60.7 Å². The lowest BCUT2D eigenvalue weighted by molar-refractivity contribution is 0.162. The van der Waals surface area contributed by atoms with E-state index in [9.17, 15) is 9.59 Å². The van der Waals surface area contributed by atoms with Crippen LogP contribution in [0.4, 0.5) is 9.59 Å². The third-order valence-corrected chi connectivity index (χ3v) is 3.00. The standard InChI is InChI=1S/C15H14N2O4.ClH/c18-13(19)16-15(17-14(20)21,11-7-3-1-4-8-11)12-9-5-2-6-10-12;/h1-10,16-17H,(H,18,19)(H,20,21);1H. The molecule has 7 heteroatoms. The quantitative estimate of drug-likeness (QED) is 0.650. The fraction of sp³-hybridized carbons (Fsp3) is 0.0667. The predicted molar refractivity (Wildman–Crippen MR) is 83.2 cm³/mol. The molecule has 0 aliphatic heterocycles. The van der Waals surface area contributed by atoms with E-state index in [4.69, 9.17) is 10.2 Å². The number of nitrogens with one attached hydrogen (secondary N) is 2. The second-order valence-electron chi connectivity index (χ2n) is 4.34. The number of amides is 2. The van der Waals surface area contributed by atoms with Gasteiger partial charge in [-0.15, -0.1) is 12.4 Å². The molecule has 0 saturated heterocycles. The van der Waals surface area contributed by atoms with E-state index in [1.165, 1.54) is 0 Å². The molecule has 2 aromatic rings. The maximum absolute atomic E-state index is 11.2. The molecule has 2 amide bonds. The van der Waals surface area contributed by atoms with Gasteiger partial charge in [-0.2, -0.15) is 0 Å². The van der Waals surface area contributed by atoms with E-state index in [0.717, 1.165) is 0 Å². The normalized spacial score (nSPS) is 10.2. The molecular formula is C15H15ClN2O4. The molecule has 0 saturated carbocycles. The van der Waals surface area contributed by atoms with Crippen molar-refractivity contribution in [2.45, 2.75) is 5.66 Å². The van der Waals surface area contributed by atoms with E-state index >= 15 is 0 Å². The zero-order chi connectivity index (χ0) is 15.3. The minimum absolute atomic E-state index is 0. The van der Waals surface area contributed by atoms with Gasteiger partial charge in [-0.3, -0.25) is 10.6 Å². The van der Waals surface area contributed by atoms with Crippen LogP contribution in [0.1, 0.15) is 11.1 Å². The molecular weight excluding hydrogens is 308 g/mol. The molecule has 0 aliphatic rings. The Bertz CT molecular complexity index is 577. The van der Waals surface area contributed by atoms with Crippen LogP contribution in [-0.4, -0.2) is 22.4 Å². The first-order valence-corrected chi connectivity index (χ1v) is 6.18. The Balaban J connectivity index is 0.00000242. The molecule has 0 bridgehead atoms. The highest BCUT2D eigenvalue weighted by Crippen LogP contribution is 2.27. The van der Waals surface area contributed by atoms with E-state index in [2.05, 4.69) is 10.6 Å². The van der Waals surface area contributed by atoms with Crippen molar-refractivity contribution in [2.24, 2.45) is 0 Å². The topological polar surface area (TPSA) is 98.7 Å². The van der Waals surface area contributed by atoms with Crippen molar-refractivity contribution < 1.29 is 19.8 Å². The number of hydrogen-bond acceptors (Lipinski definition) is 2. The van der Waals surface area contributed by atoms with Crippen molar-refractivity contribution in [2.75, 3.05) is 0 Å². The average molecular weight is 323 g/mol. The Morgan fingerprint density at radius 2 is 1.05 bits per heavy atom. The summed E-state index contributed by atoms with van der Waals surface area (Å²) in [5.41, 5.74) is -0.623. The minimum atomic E-state index is -1.57. The van der Waals surface area contributed by atoms with Crippen molar-refractivity contribution in [1.82, 2.24) is 10.6 Å². The fourth-order valence-corrected chi connectivity index (χ4v) is 2.18. The summed E-state index contributed by atoms with van der Waals surface area (Å²) in [6.45, 7) is 0. The number of rotatable bonds is 4. The van der Waals surface area contributed by atoms with Gasteiger partial charge >= 0.3 is 12.2 Å². The van der Waals surface area contributed by atoms with Crippen LogP contribution in [0.2, 0.25) is 0 Å². The maximum Gasteiger partial charge on any atom is 0.407 e. The molecule has 0 aliphatic carbocycles. The Kier molecular flexibility index (Phi) is 5.77. The molecule has 0 fully saturated rings. The van der Waals surface area contributed by atoms with Crippen molar-refractivity contribution in [3.8, 4) is 0 Å². The Labute approximate surface area is 133 Å². The van der Waals surface area contributed by atoms with E-state index < -0.39 is 17.8 Å². The lowest BCUT2D eigenvalue weighted by atomic mass is 9.91. The first kappa shape index (κ1) is 17.3. The van der Waals surface area contributed by atoms with Crippen molar-refractivity contribution in [3.63, 3.8) is 0 Å². The second kappa shape index (κ2) is 7.33. The number of benzene rings is 2. The Hall–Kier alpha value is -2.73. The van der Waals surface area contributed by atoms with Gasteiger partial charge < -0.3 is 10.2 Å². The summed E-state index contributed by atoms with van der Waals surface area (Å²) in [6.07, 6.45) is -2.67. The SMILES string of the molecule is Cl.O=C(O)NC(NC(=O)O)(c1ccccc1)c1ccccc1. The van der Waals surface area contributed by atoms with E-state index in [-0.39, 0.29) is 12.4 Å². The highest BCUT2D eigenvalue weighted by atomic mass is 35.5. The molecule has 22 heavy (non-hydrogen) atoms. The molecule has 0 atom stereocenters. The number of carbonyl (C=O) groups is 2. The zero-order valence-corrected chi connectivity index (χ0v) is 12.2. The van der Waals surface area contributed by atoms with Crippen LogP contribution in [0.25, 0.3) is 0 Å². The first-order chi connectivity index (χ1) is 10.0. The molecule has 2 rings (SSSR count). The first-order valence-electron chi connectivity index (χ1n) is 6.18. The molecule has 0 heterocycles. The Morgan fingerprint density at radius 1 is 0.727 bits per heavy atom. The minimum Gasteiger partial charge on any atom is -0.465 e. The van der Waals surface area contributed by atoms with Crippen molar-refractivity contribution in [3.05, 3.63) is 71.8 Å². The summed E-state index contributed by atoms with van der Waals surface area (Å²) in [6, 6.07) is 17.0. The van der Waals surface area contributed by atoms with Crippen LogP contribution in [0, 0.1) is 0 Å². The monoisotopic (exact) mass is 322 g/mol. The van der Waals surface area contributed by atoms with Crippen LogP contribution in [-0.2, 0) is 5.66 Å². The van der Waals surface area contributed by atoms with Crippen LogP contribution < -0.4 is 10.6 Å².